The minimum absolute atomic E-state index is 0.0358. The maximum absolute atomic E-state index is 13.0. The quantitative estimate of drug-likeness (QED) is 0.550. The molecule has 5 atom stereocenters. The van der Waals surface area contributed by atoms with Crippen LogP contribution in [0.3, 0.4) is 0 Å². The number of hydrogen-bond donors (Lipinski definition) is 2. The van der Waals surface area contributed by atoms with Crippen molar-refractivity contribution in [3.05, 3.63) is 48.5 Å². The first-order valence-corrected chi connectivity index (χ1v) is 11.6. The highest BCUT2D eigenvalue weighted by atomic mass is 32.5. The summed E-state index contributed by atoms with van der Waals surface area (Å²) in [7, 11) is 0. The highest BCUT2D eigenvalue weighted by Crippen LogP contribution is 2.53. The van der Waals surface area contributed by atoms with Crippen molar-refractivity contribution >= 4 is 35.4 Å². The Morgan fingerprint density at radius 3 is 2.86 bits per heavy atom. The van der Waals surface area contributed by atoms with Crippen molar-refractivity contribution in [1.29, 1.82) is 0 Å². The lowest BCUT2D eigenvalue weighted by Crippen LogP contribution is -2.52. The second-order valence-corrected chi connectivity index (χ2v) is 10.1. The van der Waals surface area contributed by atoms with Gasteiger partial charge in [-0.1, -0.05) is 42.1 Å². The minimum Gasteiger partial charge on any atom is -0.789 e. The molecule has 2 saturated heterocycles. The normalized spacial score (nSPS) is 32.5. The van der Waals surface area contributed by atoms with Crippen LogP contribution in [0.5, 0.6) is 0 Å². The van der Waals surface area contributed by atoms with E-state index in [4.69, 9.17) is 26.8 Å². The average molecular weight is 433 g/mol. The smallest absolute Gasteiger partial charge is 0.167 e. The fraction of sp³-hybridized carbons (Fsp3) is 0.353. The first-order chi connectivity index (χ1) is 14.0. The van der Waals surface area contributed by atoms with Gasteiger partial charge in [-0.15, -0.1) is 0 Å². The zero-order chi connectivity index (χ0) is 20.2. The number of aliphatic hydroxyl groups excluding tert-OH is 1. The van der Waals surface area contributed by atoms with E-state index in [2.05, 4.69) is 15.0 Å². The molecule has 0 spiro atoms. The van der Waals surface area contributed by atoms with E-state index >= 15 is 0 Å². The van der Waals surface area contributed by atoms with E-state index in [1.807, 2.05) is 30.3 Å². The molecule has 2 aliphatic heterocycles. The number of nitrogens with zero attached hydrogens (tertiary/aromatic N) is 5. The van der Waals surface area contributed by atoms with Crippen molar-refractivity contribution in [3.63, 3.8) is 0 Å². The van der Waals surface area contributed by atoms with Crippen LogP contribution >= 0.6 is 6.64 Å². The molecule has 4 heterocycles. The summed E-state index contributed by atoms with van der Waals surface area (Å²) in [5.74, 6) is 0.239. The third-order valence-electron chi connectivity index (χ3n) is 5.25. The van der Waals surface area contributed by atoms with E-state index in [1.165, 1.54) is 12.7 Å². The van der Waals surface area contributed by atoms with Crippen molar-refractivity contribution in [3.8, 4) is 0 Å². The summed E-state index contributed by atoms with van der Waals surface area (Å²) in [5, 5.41) is 11.2. The monoisotopic (exact) mass is 433 g/mol. The molecule has 10 nitrogen and oxygen atoms in total. The van der Waals surface area contributed by atoms with Crippen molar-refractivity contribution in [1.82, 2.24) is 24.2 Å². The molecule has 0 amide bonds. The molecule has 0 radical (unpaired) electrons. The number of imidazole rings is 1. The lowest BCUT2D eigenvalue weighted by Gasteiger charge is -2.49. The van der Waals surface area contributed by atoms with Crippen molar-refractivity contribution in [2.24, 2.45) is 0 Å². The van der Waals surface area contributed by atoms with Crippen LogP contribution in [0.15, 0.2) is 43.0 Å². The standard InChI is InChI=1S/C17H19N6O4PS/c18-15-12-16(20-8-19-15)22(9-21-12)17-14(24)13-11(27-17)7-26-28(25,29)23(13)6-10-4-2-1-3-5-10/h1-5,8-9,11,13-14,17,24H,6-7H2,(H,25,29)(H2,18,19,20)/p-1/t11-,13-,14-,17-,28?/m1/s1. The molecule has 5 rings (SSSR count). The molecule has 152 valence electrons. The van der Waals surface area contributed by atoms with Gasteiger partial charge in [0.2, 0.25) is 0 Å². The third kappa shape index (κ3) is 3.15. The number of aliphatic hydroxyl groups is 1. The highest BCUT2D eigenvalue weighted by molar-refractivity contribution is 8.07. The summed E-state index contributed by atoms with van der Waals surface area (Å²) in [5.41, 5.74) is 7.63. The van der Waals surface area contributed by atoms with E-state index in [0.29, 0.717) is 11.2 Å². The molecule has 12 heteroatoms. The fourth-order valence-corrected chi connectivity index (χ4v) is 6.00. The summed E-state index contributed by atoms with van der Waals surface area (Å²) in [6.45, 7) is -3.21. The summed E-state index contributed by atoms with van der Waals surface area (Å²) < 4.78 is 14.7. The van der Waals surface area contributed by atoms with Gasteiger partial charge in [-0.25, -0.2) is 15.0 Å². The van der Waals surface area contributed by atoms with Crippen molar-refractivity contribution in [2.45, 2.75) is 31.0 Å². The van der Waals surface area contributed by atoms with Crippen LogP contribution < -0.4 is 10.6 Å². The van der Waals surface area contributed by atoms with Gasteiger partial charge in [-0.2, -0.15) is 0 Å². The van der Waals surface area contributed by atoms with Gasteiger partial charge in [0.1, 0.15) is 24.1 Å². The first-order valence-electron chi connectivity index (χ1n) is 8.99. The molecule has 29 heavy (non-hydrogen) atoms. The van der Waals surface area contributed by atoms with Gasteiger partial charge >= 0.3 is 0 Å². The Bertz CT molecular complexity index is 1100. The Morgan fingerprint density at radius 1 is 1.28 bits per heavy atom. The molecule has 0 bridgehead atoms. The van der Waals surface area contributed by atoms with Crippen LogP contribution in [0.25, 0.3) is 11.2 Å². The van der Waals surface area contributed by atoms with Crippen LogP contribution in [-0.4, -0.2) is 54.2 Å². The number of nitrogen functional groups attached to an aromatic ring is 1. The Hall–Kier alpha value is -1.98. The minimum atomic E-state index is -3.52. The largest absolute Gasteiger partial charge is 0.789 e. The number of aromatic nitrogens is 4. The van der Waals surface area contributed by atoms with E-state index in [1.54, 1.807) is 9.24 Å². The second-order valence-electron chi connectivity index (χ2n) is 6.98. The van der Waals surface area contributed by atoms with E-state index in [9.17, 15) is 10.00 Å². The predicted octanol–water partition coefficient (Wildman–Crippen LogP) is 0.153. The number of benzene rings is 1. The fourth-order valence-electron chi connectivity index (χ4n) is 3.89. The van der Waals surface area contributed by atoms with Gasteiger partial charge in [0.25, 0.3) is 0 Å². The molecule has 0 saturated carbocycles. The number of anilines is 1. The van der Waals surface area contributed by atoms with Gasteiger partial charge < -0.3 is 25.0 Å². The number of fused-ring (bicyclic) bond motifs is 2. The van der Waals surface area contributed by atoms with Crippen molar-refractivity contribution < 1.29 is 19.3 Å². The van der Waals surface area contributed by atoms with Gasteiger partial charge in [-0.3, -0.25) is 9.24 Å². The van der Waals surface area contributed by atoms with Crippen LogP contribution in [0.2, 0.25) is 0 Å². The SMILES string of the molecule is Nc1ncnc2c1ncn2[C@@H]1O[C@@H]2COP([O-])(=S)N(Cc3ccccc3)[C@H]2[C@H]1O. The summed E-state index contributed by atoms with van der Waals surface area (Å²) in [6.07, 6.45) is 0.473. The van der Waals surface area contributed by atoms with Gasteiger partial charge in [0.15, 0.2) is 17.7 Å². The van der Waals surface area contributed by atoms with Crippen LogP contribution in [0.4, 0.5) is 5.82 Å². The van der Waals surface area contributed by atoms with E-state index in [-0.39, 0.29) is 19.0 Å². The summed E-state index contributed by atoms with van der Waals surface area (Å²) in [6, 6.07) is 8.88. The number of rotatable bonds is 3. The molecule has 2 aliphatic rings. The molecule has 1 unspecified atom stereocenters. The number of hydrogen-bond acceptors (Lipinski definition) is 9. The summed E-state index contributed by atoms with van der Waals surface area (Å²) >= 11 is 5.26. The predicted molar refractivity (Wildman–Crippen MR) is 106 cm³/mol. The molecule has 2 fully saturated rings. The molecule has 3 N–H and O–H groups in total. The highest BCUT2D eigenvalue weighted by Gasteiger charge is 2.52. The lowest BCUT2D eigenvalue weighted by molar-refractivity contribution is -0.209. The molecule has 1 aromatic carbocycles. The van der Waals surface area contributed by atoms with Crippen LogP contribution in [-0.2, 0) is 27.6 Å². The maximum Gasteiger partial charge on any atom is 0.167 e. The number of ether oxygens (including phenoxy) is 1. The molecular formula is C17H18N6O4PS-. The average Bonchev–Trinajstić information content (AvgIpc) is 3.27. The summed E-state index contributed by atoms with van der Waals surface area (Å²) in [4.78, 5) is 25.4. The zero-order valence-electron chi connectivity index (χ0n) is 15.1. The first kappa shape index (κ1) is 19.0. The van der Waals surface area contributed by atoms with Gasteiger partial charge in [-0.05, 0) is 5.56 Å². The number of nitrogens with two attached hydrogens (primary N) is 1. The van der Waals surface area contributed by atoms with E-state index in [0.717, 1.165) is 5.56 Å². The van der Waals surface area contributed by atoms with Gasteiger partial charge in [0.05, 0.1) is 25.6 Å². The molecule has 2 aromatic heterocycles. The molecule has 3 aromatic rings. The van der Waals surface area contributed by atoms with E-state index < -0.39 is 31.1 Å². The van der Waals surface area contributed by atoms with Crippen LogP contribution in [0, 0.1) is 0 Å². The van der Waals surface area contributed by atoms with Crippen LogP contribution in [0.1, 0.15) is 11.8 Å². The Kier molecular flexibility index (Phi) is 4.63. The zero-order valence-corrected chi connectivity index (χ0v) is 16.8. The second kappa shape index (κ2) is 7.06. The van der Waals surface area contributed by atoms with Gasteiger partial charge in [0, 0.05) is 6.54 Å². The maximum atomic E-state index is 13.0. The molecule has 0 aliphatic carbocycles. The Morgan fingerprint density at radius 2 is 2.07 bits per heavy atom. The topological polar surface area (TPSA) is 135 Å². The van der Waals surface area contributed by atoms with Crippen molar-refractivity contribution in [2.75, 3.05) is 12.3 Å². The Balaban J connectivity index is 1.51. The lowest BCUT2D eigenvalue weighted by atomic mass is 10.1. The third-order valence-corrected chi connectivity index (χ3v) is 7.70. The molecular weight excluding hydrogens is 415 g/mol. The Labute approximate surface area is 171 Å².